The first-order valence-corrected chi connectivity index (χ1v) is 8.56. The largest absolute Gasteiger partial charge is 0.330 e. The van der Waals surface area contributed by atoms with Gasteiger partial charge in [-0.25, -0.2) is 0 Å². The Labute approximate surface area is 147 Å². The number of nitrogens with one attached hydrogen (secondary N) is 1. The Kier molecular flexibility index (Phi) is 5.14. The average Bonchev–Trinajstić information content (AvgIpc) is 2.60. The number of para-hydroxylation sites is 1. The summed E-state index contributed by atoms with van der Waals surface area (Å²) in [6.07, 6.45) is 1.72. The van der Waals surface area contributed by atoms with E-state index in [2.05, 4.69) is 5.32 Å². The van der Waals surface area contributed by atoms with Gasteiger partial charge in [-0.05, 0) is 61.6 Å². The second kappa shape index (κ2) is 7.49. The lowest BCUT2D eigenvalue weighted by molar-refractivity contribution is -0.134. The number of benzene rings is 2. The predicted molar refractivity (Wildman–Crippen MR) is 99.5 cm³/mol. The van der Waals surface area contributed by atoms with E-state index in [9.17, 15) is 9.59 Å². The lowest BCUT2D eigenvalue weighted by atomic mass is 9.90. The van der Waals surface area contributed by atoms with Crippen molar-refractivity contribution in [1.82, 2.24) is 0 Å². The molecule has 0 aliphatic carbocycles. The molecule has 3 rings (SSSR count). The van der Waals surface area contributed by atoms with Gasteiger partial charge in [0.2, 0.25) is 0 Å². The Morgan fingerprint density at radius 1 is 1.20 bits per heavy atom. The zero-order chi connectivity index (χ0) is 17.8. The Bertz CT molecular complexity index is 788. The Hall–Kier alpha value is -2.66. The number of nitrogens with zero attached hydrogens (tertiary/aromatic N) is 1. The topological polar surface area (TPSA) is 75.4 Å². The number of rotatable bonds is 3. The third-order valence-corrected chi connectivity index (χ3v) is 4.52. The molecule has 25 heavy (non-hydrogen) atoms. The van der Waals surface area contributed by atoms with E-state index in [1.165, 1.54) is 0 Å². The quantitative estimate of drug-likeness (QED) is 0.845. The van der Waals surface area contributed by atoms with Crippen LogP contribution in [0.2, 0.25) is 0 Å². The predicted octanol–water partition coefficient (Wildman–Crippen LogP) is 2.49. The molecular formula is C20H23N3O2. The summed E-state index contributed by atoms with van der Waals surface area (Å²) in [4.78, 5) is 26.8. The summed E-state index contributed by atoms with van der Waals surface area (Å²) in [5.74, 6) is -0.875. The second-order valence-corrected chi connectivity index (χ2v) is 6.52. The van der Waals surface area contributed by atoms with Gasteiger partial charge in [-0.2, -0.15) is 0 Å². The SMILES string of the molecule is Cc1cccc(NC(=O)C(=O)N2CC(CCN)Cc3ccccc32)c1. The molecule has 1 heterocycles. The van der Waals surface area contributed by atoms with Gasteiger partial charge >= 0.3 is 11.8 Å². The monoisotopic (exact) mass is 337 g/mol. The molecule has 5 nitrogen and oxygen atoms in total. The average molecular weight is 337 g/mol. The smallest absolute Gasteiger partial charge is 0.316 e. The highest BCUT2D eigenvalue weighted by Crippen LogP contribution is 2.31. The van der Waals surface area contributed by atoms with Crippen LogP contribution in [0.5, 0.6) is 0 Å². The number of anilines is 2. The maximum absolute atomic E-state index is 12.8. The number of nitrogens with two attached hydrogens (primary N) is 1. The summed E-state index contributed by atoms with van der Waals surface area (Å²) in [6, 6.07) is 15.2. The van der Waals surface area contributed by atoms with E-state index >= 15 is 0 Å². The van der Waals surface area contributed by atoms with E-state index in [4.69, 9.17) is 5.73 Å². The van der Waals surface area contributed by atoms with Crippen LogP contribution >= 0.6 is 0 Å². The Morgan fingerprint density at radius 3 is 2.76 bits per heavy atom. The van der Waals surface area contributed by atoms with Crippen LogP contribution in [-0.2, 0) is 16.0 Å². The molecule has 1 aliphatic rings. The van der Waals surface area contributed by atoms with Gasteiger partial charge in [0.15, 0.2) is 0 Å². The van der Waals surface area contributed by atoms with Crippen LogP contribution in [0.25, 0.3) is 0 Å². The second-order valence-electron chi connectivity index (χ2n) is 6.52. The number of carbonyl (C=O) groups is 2. The van der Waals surface area contributed by atoms with Crippen molar-refractivity contribution in [2.75, 3.05) is 23.3 Å². The molecule has 1 atom stereocenters. The molecule has 0 saturated carbocycles. The molecule has 0 fully saturated rings. The van der Waals surface area contributed by atoms with Gasteiger partial charge in [-0.1, -0.05) is 30.3 Å². The first-order valence-electron chi connectivity index (χ1n) is 8.56. The zero-order valence-corrected chi connectivity index (χ0v) is 14.4. The third kappa shape index (κ3) is 3.88. The molecule has 0 aromatic heterocycles. The normalized spacial score (nSPS) is 16.2. The molecule has 2 aromatic rings. The fourth-order valence-corrected chi connectivity index (χ4v) is 3.33. The molecule has 0 saturated heterocycles. The lowest BCUT2D eigenvalue weighted by Gasteiger charge is -2.34. The Morgan fingerprint density at radius 2 is 2.00 bits per heavy atom. The van der Waals surface area contributed by atoms with Crippen LogP contribution < -0.4 is 16.0 Å². The summed E-state index contributed by atoms with van der Waals surface area (Å²) >= 11 is 0. The zero-order valence-electron chi connectivity index (χ0n) is 14.4. The molecule has 1 aliphatic heterocycles. The highest BCUT2D eigenvalue weighted by atomic mass is 16.2. The van der Waals surface area contributed by atoms with Crippen LogP contribution in [0, 0.1) is 12.8 Å². The summed E-state index contributed by atoms with van der Waals surface area (Å²) in [5, 5.41) is 2.70. The molecule has 2 aromatic carbocycles. The molecule has 0 radical (unpaired) electrons. The highest BCUT2D eigenvalue weighted by molar-refractivity contribution is 6.44. The van der Waals surface area contributed by atoms with Crippen molar-refractivity contribution in [3.8, 4) is 0 Å². The first kappa shape index (κ1) is 17.2. The fraction of sp³-hybridized carbons (Fsp3) is 0.300. The first-order chi connectivity index (χ1) is 12.1. The molecular weight excluding hydrogens is 314 g/mol. The van der Waals surface area contributed by atoms with Crippen molar-refractivity contribution in [3.63, 3.8) is 0 Å². The highest BCUT2D eigenvalue weighted by Gasteiger charge is 2.31. The number of amides is 2. The number of hydrogen-bond acceptors (Lipinski definition) is 3. The van der Waals surface area contributed by atoms with E-state index in [0.717, 1.165) is 29.7 Å². The molecule has 5 heteroatoms. The van der Waals surface area contributed by atoms with Crippen molar-refractivity contribution < 1.29 is 9.59 Å². The van der Waals surface area contributed by atoms with Crippen molar-refractivity contribution >= 4 is 23.2 Å². The van der Waals surface area contributed by atoms with Crippen LogP contribution in [0.15, 0.2) is 48.5 Å². The standard InChI is InChI=1S/C20H23N3O2/c1-14-5-4-7-17(11-14)22-19(24)20(25)23-13-15(9-10-21)12-16-6-2-3-8-18(16)23/h2-8,11,15H,9-10,12-13,21H2,1H3,(H,22,24). The molecule has 1 unspecified atom stereocenters. The van der Waals surface area contributed by atoms with Crippen LogP contribution in [0.4, 0.5) is 11.4 Å². The molecule has 0 spiro atoms. The van der Waals surface area contributed by atoms with Gasteiger partial charge in [0.05, 0.1) is 0 Å². The van der Waals surface area contributed by atoms with Gasteiger partial charge in [-0.15, -0.1) is 0 Å². The minimum Gasteiger partial charge on any atom is -0.330 e. The van der Waals surface area contributed by atoms with Gasteiger partial charge in [0, 0.05) is 17.9 Å². The van der Waals surface area contributed by atoms with Crippen LogP contribution in [0.1, 0.15) is 17.5 Å². The minimum absolute atomic E-state index is 0.274. The van der Waals surface area contributed by atoms with Gasteiger partial charge < -0.3 is 16.0 Å². The van der Waals surface area contributed by atoms with Crippen LogP contribution in [-0.4, -0.2) is 24.9 Å². The fourth-order valence-electron chi connectivity index (χ4n) is 3.33. The van der Waals surface area contributed by atoms with Gasteiger partial charge in [-0.3, -0.25) is 9.59 Å². The van der Waals surface area contributed by atoms with Crippen LogP contribution in [0.3, 0.4) is 0 Å². The third-order valence-electron chi connectivity index (χ3n) is 4.52. The van der Waals surface area contributed by atoms with Gasteiger partial charge in [0.25, 0.3) is 0 Å². The lowest BCUT2D eigenvalue weighted by Crippen LogP contribution is -2.45. The summed E-state index contributed by atoms with van der Waals surface area (Å²) in [6.45, 7) is 3.04. The molecule has 2 amide bonds. The minimum atomic E-state index is -0.617. The van der Waals surface area contributed by atoms with Crippen molar-refractivity contribution in [3.05, 3.63) is 59.7 Å². The Balaban J connectivity index is 1.81. The summed E-state index contributed by atoms with van der Waals surface area (Å²) < 4.78 is 0. The van der Waals surface area contributed by atoms with E-state index in [1.807, 2.05) is 49.4 Å². The molecule has 3 N–H and O–H groups in total. The van der Waals surface area contributed by atoms with Crippen molar-refractivity contribution in [1.29, 1.82) is 0 Å². The molecule has 0 bridgehead atoms. The molecule has 130 valence electrons. The van der Waals surface area contributed by atoms with Gasteiger partial charge in [0.1, 0.15) is 0 Å². The summed E-state index contributed by atoms with van der Waals surface area (Å²) in [5.41, 5.74) is 9.25. The summed E-state index contributed by atoms with van der Waals surface area (Å²) in [7, 11) is 0. The van der Waals surface area contributed by atoms with E-state index in [-0.39, 0.29) is 5.92 Å². The maximum Gasteiger partial charge on any atom is 0.316 e. The number of carbonyl (C=O) groups excluding carboxylic acids is 2. The number of aryl methyl sites for hydroxylation is 1. The van der Waals surface area contributed by atoms with E-state index < -0.39 is 11.8 Å². The van der Waals surface area contributed by atoms with Crippen molar-refractivity contribution in [2.24, 2.45) is 11.7 Å². The van der Waals surface area contributed by atoms with Crippen molar-refractivity contribution in [2.45, 2.75) is 19.8 Å². The maximum atomic E-state index is 12.8. The number of hydrogen-bond donors (Lipinski definition) is 2. The van der Waals surface area contributed by atoms with E-state index in [0.29, 0.717) is 18.8 Å². The van der Waals surface area contributed by atoms with E-state index in [1.54, 1.807) is 11.0 Å². The number of fused-ring (bicyclic) bond motifs is 1.